The fourth-order valence-corrected chi connectivity index (χ4v) is 2.36. The molecule has 0 aliphatic carbocycles. The zero-order valence-electron chi connectivity index (χ0n) is 11.0. The number of nitrogens with zero attached hydrogens (tertiary/aromatic N) is 2. The van der Waals surface area contributed by atoms with Gasteiger partial charge in [-0.1, -0.05) is 18.2 Å². The minimum absolute atomic E-state index is 0.0277. The van der Waals surface area contributed by atoms with Gasteiger partial charge in [0.1, 0.15) is 0 Å². The van der Waals surface area contributed by atoms with Crippen molar-refractivity contribution in [3.8, 4) is 0 Å². The van der Waals surface area contributed by atoms with E-state index in [1.165, 1.54) is 16.5 Å². The minimum Gasteiger partial charge on any atom is -0.395 e. The van der Waals surface area contributed by atoms with Crippen molar-refractivity contribution < 1.29 is 5.11 Å². The Balaban J connectivity index is 2.17. The summed E-state index contributed by atoms with van der Waals surface area (Å²) in [5, 5.41) is 10.3. The predicted molar refractivity (Wildman–Crippen MR) is 74.3 cm³/mol. The number of benzene rings is 1. The number of rotatable bonds is 5. The van der Waals surface area contributed by atoms with Crippen molar-refractivity contribution in [3.63, 3.8) is 0 Å². The third-order valence-corrected chi connectivity index (χ3v) is 3.20. The zero-order valence-corrected chi connectivity index (χ0v) is 11.0. The Morgan fingerprint density at radius 1 is 1.39 bits per heavy atom. The van der Waals surface area contributed by atoms with Gasteiger partial charge in [-0.05, 0) is 18.7 Å². The van der Waals surface area contributed by atoms with Gasteiger partial charge in [-0.15, -0.1) is 0 Å². The van der Waals surface area contributed by atoms with Crippen molar-refractivity contribution >= 4 is 10.9 Å². The number of aliphatic hydroxyl groups excluding tert-OH is 1. The molecular weight excluding hydrogens is 226 g/mol. The van der Waals surface area contributed by atoms with E-state index < -0.39 is 0 Å². The van der Waals surface area contributed by atoms with Crippen LogP contribution in [0.2, 0.25) is 0 Å². The first-order chi connectivity index (χ1) is 8.61. The van der Waals surface area contributed by atoms with Crippen LogP contribution in [0.15, 0.2) is 30.5 Å². The zero-order chi connectivity index (χ0) is 13.1. The smallest absolute Gasteiger partial charge is 0.0595 e. The molecular formula is C14H21N3O. The summed E-state index contributed by atoms with van der Waals surface area (Å²) in [7, 11) is 4.09. The molecule has 1 unspecified atom stereocenters. The second-order valence-electron chi connectivity index (χ2n) is 4.92. The largest absolute Gasteiger partial charge is 0.395 e. The van der Waals surface area contributed by atoms with Crippen LogP contribution in [0, 0.1) is 0 Å². The highest BCUT2D eigenvalue weighted by Crippen LogP contribution is 2.21. The lowest BCUT2D eigenvalue weighted by Gasteiger charge is -2.19. The predicted octanol–water partition coefficient (Wildman–Crippen LogP) is 0.930. The number of nitrogens with two attached hydrogens (primary N) is 1. The first kappa shape index (κ1) is 13.1. The molecule has 0 bridgehead atoms. The molecule has 18 heavy (non-hydrogen) atoms. The average molecular weight is 247 g/mol. The molecule has 3 N–H and O–H groups in total. The quantitative estimate of drug-likeness (QED) is 0.826. The highest BCUT2D eigenvalue weighted by Gasteiger charge is 2.10. The van der Waals surface area contributed by atoms with Gasteiger partial charge in [-0.2, -0.15) is 0 Å². The van der Waals surface area contributed by atoms with Crippen LogP contribution in [0.25, 0.3) is 10.9 Å². The van der Waals surface area contributed by atoms with Gasteiger partial charge in [0.2, 0.25) is 0 Å². The van der Waals surface area contributed by atoms with E-state index >= 15 is 0 Å². The normalized spacial score (nSPS) is 13.4. The molecule has 0 amide bonds. The summed E-state index contributed by atoms with van der Waals surface area (Å²) in [6.07, 6.45) is 2.16. The fourth-order valence-electron chi connectivity index (χ4n) is 2.36. The minimum atomic E-state index is -0.176. The highest BCUT2D eigenvalue weighted by molar-refractivity contribution is 5.83. The van der Waals surface area contributed by atoms with Crippen LogP contribution in [0.1, 0.15) is 5.56 Å². The maximum atomic E-state index is 8.97. The van der Waals surface area contributed by atoms with Gasteiger partial charge in [0.15, 0.2) is 0 Å². The Hall–Kier alpha value is -1.36. The molecule has 2 aromatic rings. The number of fused-ring (bicyclic) bond motifs is 1. The second kappa shape index (κ2) is 5.52. The summed E-state index contributed by atoms with van der Waals surface area (Å²) in [5.41, 5.74) is 8.28. The van der Waals surface area contributed by atoms with Crippen molar-refractivity contribution in [1.29, 1.82) is 0 Å². The Kier molecular flexibility index (Phi) is 4.01. The molecule has 0 aliphatic heterocycles. The number of hydrogen-bond donors (Lipinski definition) is 2. The lowest BCUT2D eigenvalue weighted by molar-refractivity contribution is 0.219. The van der Waals surface area contributed by atoms with Gasteiger partial charge in [0.25, 0.3) is 0 Å². The summed E-state index contributed by atoms with van der Waals surface area (Å²) >= 11 is 0. The molecule has 4 nitrogen and oxygen atoms in total. The lowest BCUT2D eigenvalue weighted by atomic mass is 10.1. The summed E-state index contributed by atoms with van der Waals surface area (Å²) in [6, 6.07) is 8.20. The van der Waals surface area contributed by atoms with E-state index in [0.29, 0.717) is 6.54 Å². The van der Waals surface area contributed by atoms with Crippen molar-refractivity contribution in [2.24, 2.45) is 12.8 Å². The number of hydrogen-bond acceptors (Lipinski definition) is 3. The Labute approximate surface area is 108 Å². The first-order valence-corrected chi connectivity index (χ1v) is 6.19. The van der Waals surface area contributed by atoms with E-state index in [0.717, 1.165) is 6.54 Å². The first-order valence-electron chi connectivity index (χ1n) is 6.19. The van der Waals surface area contributed by atoms with E-state index in [1.807, 2.05) is 7.05 Å². The Morgan fingerprint density at radius 2 is 2.11 bits per heavy atom. The maximum absolute atomic E-state index is 8.97. The average Bonchev–Trinajstić information content (AvgIpc) is 2.67. The van der Waals surface area contributed by atoms with Crippen LogP contribution in [0.5, 0.6) is 0 Å². The summed E-state index contributed by atoms with van der Waals surface area (Å²) in [5.74, 6) is 0. The number of likely N-dealkylation sites (N-methyl/N-ethyl adjacent to an activating group) is 1. The van der Waals surface area contributed by atoms with Gasteiger partial charge < -0.3 is 20.3 Å². The van der Waals surface area contributed by atoms with Gasteiger partial charge in [-0.25, -0.2) is 0 Å². The summed E-state index contributed by atoms with van der Waals surface area (Å²) in [4.78, 5) is 2.14. The van der Waals surface area contributed by atoms with E-state index in [-0.39, 0.29) is 12.6 Å². The van der Waals surface area contributed by atoms with E-state index in [9.17, 15) is 0 Å². The molecule has 1 aromatic carbocycles. The number of para-hydroxylation sites is 1. The van der Waals surface area contributed by atoms with Crippen LogP contribution in [-0.2, 0) is 13.6 Å². The molecule has 0 saturated heterocycles. The van der Waals surface area contributed by atoms with E-state index in [4.69, 9.17) is 10.8 Å². The molecule has 0 spiro atoms. The molecule has 0 aliphatic rings. The Morgan fingerprint density at radius 3 is 2.83 bits per heavy atom. The van der Waals surface area contributed by atoms with E-state index in [1.54, 1.807) is 0 Å². The molecule has 1 aromatic heterocycles. The highest BCUT2D eigenvalue weighted by atomic mass is 16.3. The van der Waals surface area contributed by atoms with Crippen LogP contribution in [0.3, 0.4) is 0 Å². The summed E-state index contributed by atoms with van der Waals surface area (Å²) < 4.78 is 2.14. The molecule has 2 rings (SSSR count). The summed E-state index contributed by atoms with van der Waals surface area (Å²) in [6.45, 7) is 1.56. The third kappa shape index (κ3) is 2.72. The monoisotopic (exact) mass is 247 g/mol. The van der Waals surface area contributed by atoms with Crippen molar-refractivity contribution in [2.45, 2.75) is 12.6 Å². The molecule has 0 radical (unpaired) electrons. The molecule has 0 saturated carbocycles. The molecule has 98 valence electrons. The maximum Gasteiger partial charge on any atom is 0.0595 e. The van der Waals surface area contributed by atoms with Crippen LogP contribution in [0.4, 0.5) is 0 Å². The van der Waals surface area contributed by atoms with Crippen molar-refractivity contribution in [2.75, 3.05) is 20.2 Å². The van der Waals surface area contributed by atoms with Gasteiger partial charge in [0.05, 0.1) is 6.61 Å². The third-order valence-electron chi connectivity index (χ3n) is 3.20. The van der Waals surface area contributed by atoms with Gasteiger partial charge >= 0.3 is 0 Å². The lowest BCUT2D eigenvalue weighted by Crippen LogP contribution is -2.37. The number of aryl methyl sites for hydroxylation is 1. The molecule has 0 fully saturated rings. The van der Waals surface area contributed by atoms with E-state index in [2.05, 4.69) is 47.0 Å². The standard InChI is InChI=1S/C14H21N3O/c1-16(9-12(15)10-18)7-11-8-17(2)14-6-4-3-5-13(11)14/h3-6,8,12,18H,7,9-10,15H2,1-2H3. The molecule has 1 atom stereocenters. The van der Waals surface area contributed by atoms with Crippen LogP contribution in [-0.4, -0.2) is 40.8 Å². The topological polar surface area (TPSA) is 54.4 Å². The molecule has 4 heteroatoms. The fraction of sp³-hybridized carbons (Fsp3) is 0.429. The van der Waals surface area contributed by atoms with Gasteiger partial charge in [0, 0.05) is 43.3 Å². The number of aliphatic hydroxyl groups is 1. The Bertz CT molecular complexity index is 521. The number of aromatic nitrogens is 1. The van der Waals surface area contributed by atoms with Crippen LogP contribution < -0.4 is 5.73 Å². The van der Waals surface area contributed by atoms with Gasteiger partial charge in [-0.3, -0.25) is 0 Å². The SMILES string of the molecule is CN(Cc1cn(C)c2ccccc12)CC(N)CO. The van der Waals surface area contributed by atoms with Crippen molar-refractivity contribution in [3.05, 3.63) is 36.0 Å². The second-order valence-corrected chi connectivity index (χ2v) is 4.92. The molecule has 1 heterocycles. The van der Waals surface area contributed by atoms with Crippen molar-refractivity contribution in [1.82, 2.24) is 9.47 Å². The van der Waals surface area contributed by atoms with Crippen LogP contribution >= 0.6 is 0 Å².